The molecule has 1 aliphatic rings. The molecule has 0 N–H and O–H groups in total. The van der Waals surface area contributed by atoms with E-state index < -0.39 is 0 Å². The average molecular weight is 265 g/mol. The van der Waals surface area contributed by atoms with Gasteiger partial charge in [0.25, 0.3) is 0 Å². The molecule has 4 heteroatoms. The molecule has 0 unspecified atom stereocenters. The normalized spacial score (nSPS) is 14.6. The van der Waals surface area contributed by atoms with Gasteiger partial charge in [-0.3, -0.25) is 0 Å². The third-order valence-corrected chi connectivity index (χ3v) is 3.83. The second kappa shape index (κ2) is 4.73. The Kier molecular flexibility index (Phi) is 3.08. The fourth-order valence-corrected chi connectivity index (χ4v) is 2.69. The summed E-state index contributed by atoms with van der Waals surface area (Å²) in [6.45, 7) is 0.596. The molecule has 0 spiro atoms. The highest BCUT2D eigenvalue weighted by Gasteiger charge is 2.15. The molecule has 1 aromatic carbocycles. The number of hydrogen-bond donors (Lipinski definition) is 0. The van der Waals surface area contributed by atoms with Crippen LogP contribution in [0.15, 0.2) is 24.5 Å². The zero-order valence-electron chi connectivity index (χ0n) is 10.00. The van der Waals surface area contributed by atoms with Crippen molar-refractivity contribution in [2.45, 2.75) is 32.2 Å². The SMILES string of the molecule is Fc1ccc(Cl)c(Cn2cnc3c2CCCC3)c1. The van der Waals surface area contributed by atoms with Crippen LogP contribution in [0.1, 0.15) is 29.8 Å². The molecule has 1 aromatic heterocycles. The van der Waals surface area contributed by atoms with E-state index >= 15 is 0 Å². The highest BCUT2D eigenvalue weighted by atomic mass is 35.5. The molecule has 1 aliphatic carbocycles. The van der Waals surface area contributed by atoms with Crippen LogP contribution in [0.5, 0.6) is 0 Å². The molecular formula is C14H14ClFN2. The van der Waals surface area contributed by atoms with E-state index in [1.807, 2.05) is 6.33 Å². The van der Waals surface area contributed by atoms with Crippen LogP contribution in [0, 0.1) is 5.82 Å². The molecule has 0 bridgehead atoms. The Labute approximate surface area is 110 Å². The van der Waals surface area contributed by atoms with Gasteiger partial charge >= 0.3 is 0 Å². The molecule has 2 aromatic rings. The Morgan fingerprint density at radius 1 is 1.28 bits per heavy atom. The second-order valence-corrected chi connectivity index (χ2v) is 5.12. The standard InChI is InChI=1S/C14H14ClFN2/c15-12-6-5-11(16)7-10(12)8-18-9-17-13-3-1-2-4-14(13)18/h5-7,9H,1-4,8H2. The van der Waals surface area contributed by atoms with Crippen LogP contribution in [0.3, 0.4) is 0 Å². The molecule has 3 rings (SSSR count). The van der Waals surface area contributed by atoms with Crippen LogP contribution in [-0.2, 0) is 19.4 Å². The zero-order chi connectivity index (χ0) is 12.5. The molecule has 0 radical (unpaired) electrons. The van der Waals surface area contributed by atoms with Crippen molar-refractivity contribution in [1.82, 2.24) is 9.55 Å². The fraction of sp³-hybridized carbons (Fsp3) is 0.357. The van der Waals surface area contributed by atoms with Gasteiger partial charge in [0.15, 0.2) is 0 Å². The van der Waals surface area contributed by atoms with Crippen molar-refractivity contribution in [3.8, 4) is 0 Å². The molecule has 1 heterocycles. The van der Waals surface area contributed by atoms with E-state index in [0.29, 0.717) is 11.6 Å². The lowest BCUT2D eigenvalue weighted by Crippen LogP contribution is -2.09. The van der Waals surface area contributed by atoms with Crippen molar-refractivity contribution in [3.05, 3.63) is 52.3 Å². The summed E-state index contributed by atoms with van der Waals surface area (Å²) in [5.41, 5.74) is 3.28. The van der Waals surface area contributed by atoms with E-state index in [1.54, 1.807) is 6.07 Å². The Bertz CT molecular complexity index is 577. The van der Waals surface area contributed by atoms with Crippen molar-refractivity contribution in [2.24, 2.45) is 0 Å². The molecule has 0 atom stereocenters. The number of aromatic nitrogens is 2. The number of halogens is 2. The molecular weight excluding hydrogens is 251 g/mol. The topological polar surface area (TPSA) is 17.8 Å². The van der Waals surface area contributed by atoms with Crippen LogP contribution in [0.2, 0.25) is 5.02 Å². The number of rotatable bonds is 2. The summed E-state index contributed by atoms with van der Waals surface area (Å²) in [5, 5.41) is 0.606. The predicted octanol–water partition coefficient (Wildman–Crippen LogP) is 3.60. The van der Waals surface area contributed by atoms with Gasteiger partial charge < -0.3 is 4.57 Å². The minimum absolute atomic E-state index is 0.247. The van der Waals surface area contributed by atoms with E-state index in [0.717, 1.165) is 18.4 Å². The van der Waals surface area contributed by atoms with Crippen LogP contribution in [-0.4, -0.2) is 9.55 Å². The largest absolute Gasteiger partial charge is 0.330 e. The van der Waals surface area contributed by atoms with Gasteiger partial charge in [0.05, 0.1) is 18.6 Å². The van der Waals surface area contributed by atoms with E-state index in [9.17, 15) is 4.39 Å². The maximum Gasteiger partial charge on any atom is 0.123 e. The molecule has 0 fully saturated rings. The van der Waals surface area contributed by atoms with E-state index in [2.05, 4.69) is 9.55 Å². The Balaban J connectivity index is 1.92. The molecule has 94 valence electrons. The quantitative estimate of drug-likeness (QED) is 0.810. The van der Waals surface area contributed by atoms with Crippen molar-refractivity contribution in [2.75, 3.05) is 0 Å². The lowest BCUT2D eigenvalue weighted by atomic mass is 10.0. The summed E-state index contributed by atoms with van der Waals surface area (Å²) in [6, 6.07) is 4.49. The maximum atomic E-state index is 13.2. The van der Waals surface area contributed by atoms with E-state index in [-0.39, 0.29) is 5.82 Å². The van der Waals surface area contributed by atoms with Gasteiger partial charge in [0, 0.05) is 10.7 Å². The van der Waals surface area contributed by atoms with Gasteiger partial charge in [-0.05, 0) is 49.4 Å². The monoisotopic (exact) mass is 264 g/mol. The molecule has 18 heavy (non-hydrogen) atoms. The number of fused-ring (bicyclic) bond motifs is 1. The molecule has 0 saturated heterocycles. The summed E-state index contributed by atoms with van der Waals surface area (Å²) >= 11 is 6.10. The van der Waals surface area contributed by atoms with Crippen LogP contribution < -0.4 is 0 Å². The number of hydrogen-bond acceptors (Lipinski definition) is 1. The molecule has 0 amide bonds. The Morgan fingerprint density at radius 2 is 2.11 bits per heavy atom. The van der Waals surface area contributed by atoms with Crippen molar-refractivity contribution in [1.29, 1.82) is 0 Å². The van der Waals surface area contributed by atoms with Crippen molar-refractivity contribution < 1.29 is 4.39 Å². The summed E-state index contributed by atoms with van der Waals surface area (Å²) < 4.78 is 15.3. The van der Waals surface area contributed by atoms with Crippen LogP contribution in [0.25, 0.3) is 0 Å². The summed E-state index contributed by atoms with van der Waals surface area (Å²) in [7, 11) is 0. The number of imidazole rings is 1. The maximum absolute atomic E-state index is 13.2. The lowest BCUT2D eigenvalue weighted by Gasteiger charge is -2.14. The van der Waals surface area contributed by atoms with E-state index in [4.69, 9.17) is 11.6 Å². The van der Waals surface area contributed by atoms with Crippen molar-refractivity contribution in [3.63, 3.8) is 0 Å². The zero-order valence-corrected chi connectivity index (χ0v) is 10.8. The number of nitrogens with zero attached hydrogens (tertiary/aromatic N) is 2. The van der Waals surface area contributed by atoms with Gasteiger partial charge in [-0.1, -0.05) is 11.6 Å². The summed E-state index contributed by atoms with van der Waals surface area (Å²) in [4.78, 5) is 4.43. The fourth-order valence-electron chi connectivity index (χ4n) is 2.52. The first-order valence-corrected chi connectivity index (χ1v) is 6.58. The van der Waals surface area contributed by atoms with Crippen molar-refractivity contribution >= 4 is 11.6 Å². The first-order chi connectivity index (χ1) is 8.74. The summed E-state index contributed by atoms with van der Waals surface area (Å²) in [5.74, 6) is -0.247. The molecule has 0 aliphatic heterocycles. The second-order valence-electron chi connectivity index (χ2n) is 4.71. The van der Waals surface area contributed by atoms with Gasteiger partial charge in [-0.2, -0.15) is 0 Å². The first-order valence-electron chi connectivity index (χ1n) is 6.21. The minimum atomic E-state index is -0.247. The Morgan fingerprint density at radius 3 is 3.00 bits per heavy atom. The van der Waals surface area contributed by atoms with E-state index in [1.165, 1.54) is 36.4 Å². The summed E-state index contributed by atoms with van der Waals surface area (Å²) in [6.07, 6.45) is 6.37. The third-order valence-electron chi connectivity index (χ3n) is 3.46. The molecule has 2 nitrogen and oxygen atoms in total. The highest BCUT2D eigenvalue weighted by Crippen LogP contribution is 2.23. The molecule has 0 saturated carbocycles. The van der Waals surface area contributed by atoms with Gasteiger partial charge in [-0.15, -0.1) is 0 Å². The Hall–Kier alpha value is -1.35. The van der Waals surface area contributed by atoms with Crippen LogP contribution in [0.4, 0.5) is 4.39 Å². The minimum Gasteiger partial charge on any atom is -0.330 e. The number of aryl methyl sites for hydroxylation is 1. The van der Waals surface area contributed by atoms with Gasteiger partial charge in [0.2, 0.25) is 0 Å². The predicted molar refractivity (Wildman–Crippen MR) is 69.4 cm³/mol. The lowest BCUT2D eigenvalue weighted by molar-refractivity contribution is 0.614. The third kappa shape index (κ3) is 2.15. The van der Waals surface area contributed by atoms with Gasteiger partial charge in [0.1, 0.15) is 5.82 Å². The van der Waals surface area contributed by atoms with Gasteiger partial charge in [-0.25, -0.2) is 9.37 Å². The van der Waals surface area contributed by atoms with Crippen LogP contribution >= 0.6 is 11.6 Å². The smallest absolute Gasteiger partial charge is 0.123 e. The highest BCUT2D eigenvalue weighted by molar-refractivity contribution is 6.31. The first kappa shape index (κ1) is 11.7. The average Bonchev–Trinajstić information content (AvgIpc) is 2.78. The number of benzene rings is 1.